The van der Waals surface area contributed by atoms with E-state index in [1.807, 2.05) is 56.3 Å². The van der Waals surface area contributed by atoms with Crippen molar-refractivity contribution in [3.8, 4) is 0 Å². The van der Waals surface area contributed by atoms with Crippen LogP contribution < -0.4 is 5.32 Å². The highest BCUT2D eigenvalue weighted by Gasteiger charge is 2.29. The molecule has 0 aliphatic heterocycles. The quantitative estimate of drug-likeness (QED) is 0.611. The first-order chi connectivity index (χ1) is 14.9. The lowest BCUT2D eigenvalue weighted by molar-refractivity contribution is -0.124. The minimum atomic E-state index is -0.500. The third-order valence-corrected chi connectivity index (χ3v) is 5.27. The van der Waals surface area contributed by atoms with Crippen molar-refractivity contribution < 1.29 is 18.7 Å². The zero-order valence-corrected chi connectivity index (χ0v) is 18.0. The van der Waals surface area contributed by atoms with Crippen molar-refractivity contribution in [2.75, 3.05) is 6.61 Å². The molecule has 1 atom stereocenters. The number of nitrogens with zero attached hydrogens (tertiary/aromatic N) is 1. The maximum Gasteiger partial charge on any atom is 0.339 e. The third kappa shape index (κ3) is 4.53. The topological polar surface area (TPSA) is 81.4 Å². The summed E-state index contributed by atoms with van der Waals surface area (Å²) in [5, 5.41) is 3.48. The van der Waals surface area contributed by atoms with Crippen LogP contribution in [0, 0.1) is 5.92 Å². The molecule has 0 saturated heterocycles. The number of carbonyl (C=O) groups is 2. The van der Waals surface area contributed by atoms with Gasteiger partial charge in [0.05, 0.1) is 23.0 Å². The summed E-state index contributed by atoms with van der Waals surface area (Å²) in [7, 11) is 0. The molecule has 1 aliphatic carbocycles. The summed E-state index contributed by atoms with van der Waals surface area (Å²) in [6, 6.07) is 11.3. The zero-order valence-electron chi connectivity index (χ0n) is 18.0. The lowest BCUT2D eigenvalue weighted by Crippen LogP contribution is -2.34. The van der Waals surface area contributed by atoms with Gasteiger partial charge in [-0.1, -0.05) is 25.1 Å². The summed E-state index contributed by atoms with van der Waals surface area (Å²) in [5.41, 5.74) is 3.91. The highest BCUT2D eigenvalue weighted by Crippen LogP contribution is 2.38. The molecule has 31 heavy (non-hydrogen) atoms. The molecule has 160 valence electrons. The Morgan fingerprint density at radius 2 is 2.03 bits per heavy atom. The SMILES string of the molecule is CC1C/C(=C/c2ccco2)c2nc3ccccc3c(C(=O)OCC(=O)NC(C)C)c2C1. The van der Waals surface area contributed by atoms with E-state index in [9.17, 15) is 9.59 Å². The number of furan rings is 1. The molecule has 6 heteroatoms. The number of allylic oxidation sites excluding steroid dienone is 1. The summed E-state index contributed by atoms with van der Waals surface area (Å²) in [4.78, 5) is 30.1. The van der Waals surface area contributed by atoms with Gasteiger partial charge in [0.25, 0.3) is 5.91 Å². The van der Waals surface area contributed by atoms with Crippen LogP contribution in [-0.2, 0) is 16.0 Å². The number of pyridine rings is 1. The zero-order chi connectivity index (χ0) is 22.0. The minimum Gasteiger partial charge on any atom is -0.465 e. The monoisotopic (exact) mass is 418 g/mol. The van der Waals surface area contributed by atoms with Crippen molar-refractivity contribution in [1.29, 1.82) is 0 Å². The number of fused-ring (bicyclic) bond motifs is 2. The first-order valence-corrected chi connectivity index (χ1v) is 10.5. The van der Waals surface area contributed by atoms with Crippen molar-refractivity contribution in [3.63, 3.8) is 0 Å². The number of hydrogen-bond acceptors (Lipinski definition) is 5. The number of benzene rings is 1. The lowest BCUT2D eigenvalue weighted by atomic mass is 9.81. The molecule has 1 aliphatic rings. The second kappa shape index (κ2) is 8.76. The summed E-state index contributed by atoms with van der Waals surface area (Å²) >= 11 is 0. The summed E-state index contributed by atoms with van der Waals surface area (Å²) in [5.74, 6) is 0.259. The Hall–Kier alpha value is -3.41. The van der Waals surface area contributed by atoms with Crippen LogP contribution in [0.1, 0.15) is 54.6 Å². The van der Waals surface area contributed by atoms with E-state index in [1.165, 1.54) is 0 Å². The standard InChI is InChI=1S/C25H26N2O4/c1-15(2)26-22(28)14-31-25(29)23-19-8-4-5-9-21(19)27-24-17(11-16(3)12-20(23)24)13-18-7-6-10-30-18/h4-10,13,15-16H,11-12,14H2,1-3H3,(H,26,28)/b17-13-. The van der Waals surface area contributed by atoms with Gasteiger partial charge in [-0.05, 0) is 68.0 Å². The number of aromatic nitrogens is 1. The first-order valence-electron chi connectivity index (χ1n) is 10.5. The van der Waals surface area contributed by atoms with Gasteiger partial charge in [0.1, 0.15) is 5.76 Å². The smallest absolute Gasteiger partial charge is 0.339 e. The Balaban J connectivity index is 1.79. The molecule has 3 aromatic rings. The molecule has 0 fully saturated rings. The van der Waals surface area contributed by atoms with E-state index in [4.69, 9.17) is 14.1 Å². The first kappa shape index (κ1) is 20.8. The van der Waals surface area contributed by atoms with Gasteiger partial charge in [0.2, 0.25) is 0 Å². The Labute approximate surface area is 181 Å². The van der Waals surface area contributed by atoms with Gasteiger partial charge in [0.15, 0.2) is 6.61 Å². The van der Waals surface area contributed by atoms with Crippen LogP contribution in [0.15, 0.2) is 47.1 Å². The molecule has 2 aromatic heterocycles. The molecule has 1 amide bonds. The maximum absolute atomic E-state index is 13.2. The molecule has 6 nitrogen and oxygen atoms in total. The summed E-state index contributed by atoms with van der Waals surface area (Å²) in [6.07, 6.45) is 5.18. The fourth-order valence-corrected chi connectivity index (χ4v) is 4.08. The lowest BCUT2D eigenvalue weighted by Gasteiger charge is -2.26. The average Bonchev–Trinajstić information content (AvgIpc) is 3.23. The Morgan fingerprint density at radius 1 is 1.23 bits per heavy atom. The summed E-state index contributed by atoms with van der Waals surface area (Å²) < 4.78 is 10.9. The fraction of sp³-hybridized carbons (Fsp3) is 0.320. The molecule has 0 bridgehead atoms. The molecule has 2 heterocycles. The van der Waals surface area contributed by atoms with Crippen molar-refractivity contribution in [3.05, 3.63) is 65.2 Å². The van der Waals surface area contributed by atoms with Crippen LogP contribution in [0.3, 0.4) is 0 Å². The van der Waals surface area contributed by atoms with Crippen molar-refractivity contribution in [2.45, 2.75) is 39.7 Å². The van der Waals surface area contributed by atoms with Crippen molar-refractivity contribution >= 4 is 34.4 Å². The number of rotatable bonds is 5. The molecule has 0 spiro atoms. The van der Waals surface area contributed by atoms with E-state index in [2.05, 4.69) is 12.2 Å². The van der Waals surface area contributed by atoms with Gasteiger partial charge in [0, 0.05) is 11.4 Å². The predicted octanol–water partition coefficient (Wildman–Crippen LogP) is 4.63. The van der Waals surface area contributed by atoms with E-state index in [-0.39, 0.29) is 18.6 Å². The average molecular weight is 418 g/mol. The van der Waals surface area contributed by atoms with Gasteiger partial charge >= 0.3 is 5.97 Å². The molecule has 1 aromatic carbocycles. The third-order valence-electron chi connectivity index (χ3n) is 5.27. The second-order valence-electron chi connectivity index (χ2n) is 8.33. The number of hydrogen-bond donors (Lipinski definition) is 1. The van der Waals surface area contributed by atoms with E-state index >= 15 is 0 Å². The molecule has 1 N–H and O–H groups in total. The Morgan fingerprint density at radius 3 is 2.77 bits per heavy atom. The highest BCUT2D eigenvalue weighted by molar-refractivity contribution is 6.07. The van der Waals surface area contributed by atoms with Crippen LogP contribution in [0.4, 0.5) is 0 Å². The molecular formula is C25H26N2O4. The van der Waals surface area contributed by atoms with E-state index < -0.39 is 5.97 Å². The van der Waals surface area contributed by atoms with Gasteiger partial charge < -0.3 is 14.5 Å². The highest BCUT2D eigenvalue weighted by atomic mass is 16.5. The number of ether oxygens (including phenoxy) is 1. The van der Waals surface area contributed by atoms with Gasteiger partial charge in [-0.3, -0.25) is 4.79 Å². The predicted molar refractivity (Wildman–Crippen MR) is 119 cm³/mol. The van der Waals surface area contributed by atoms with Crippen LogP contribution >= 0.6 is 0 Å². The van der Waals surface area contributed by atoms with E-state index in [0.717, 1.165) is 39.9 Å². The van der Waals surface area contributed by atoms with E-state index in [0.29, 0.717) is 17.9 Å². The van der Waals surface area contributed by atoms with Crippen LogP contribution in [0.2, 0.25) is 0 Å². The number of esters is 1. The van der Waals surface area contributed by atoms with Gasteiger partial charge in [-0.2, -0.15) is 0 Å². The van der Waals surface area contributed by atoms with Crippen LogP contribution in [-0.4, -0.2) is 29.5 Å². The van der Waals surface area contributed by atoms with Crippen LogP contribution in [0.25, 0.3) is 22.6 Å². The fourth-order valence-electron chi connectivity index (χ4n) is 4.08. The molecule has 0 radical (unpaired) electrons. The van der Waals surface area contributed by atoms with E-state index in [1.54, 1.807) is 6.26 Å². The largest absolute Gasteiger partial charge is 0.465 e. The van der Waals surface area contributed by atoms with Crippen LogP contribution in [0.5, 0.6) is 0 Å². The molecule has 4 rings (SSSR count). The normalized spacial score (nSPS) is 17.0. The van der Waals surface area contributed by atoms with Gasteiger partial charge in [-0.15, -0.1) is 0 Å². The Bertz CT molecular complexity index is 1150. The number of para-hydroxylation sites is 1. The summed E-state index contributed by atoms with van der Waals surface area (Å²) in [6.45, 7) is 5.56. The minimum absolute atomic E-state index is 0.0177. The van der Waals surface area contributed by atoms with Gasteiger partial charge in [-0.25, -0.2) is 9.78 Å². The second-order valence-corrected chi connectivity index (χ2v) is 8.33. The van der Waals surface area contributed by atoms with Crippen molar-refractivity contribution in [1.82, 2.24) is 10.3 Å². The number of nitrogens with one attached hydrogen (secondary N) is 1. The Kier molecular flexibility index (Phi) is 5.89. The van der Waals surface area contributed by atoms with Crippen molar-refractivity contribution in [2.24, 2.45) is 5.92 Å². The molecule has 1 unspecified atom stereocenters. The molecular weight excluding hydrogens is 392 g/mol. The number of carbonyl (C=O) groups excluding carboxylic acids is 2. The maximum atomic E-state index is 13.2. The molecule has 0 saturated carbocycles. The number of amides is 1.